The number of nitrogens with two attached hydrogens (primary N) is 1. The molecular formula is C18H36N2O7. The highest BCUT2D eigenvalue weighted by atomic mass is 16.5. The van der Waals surface area contributed by atoms with Crippen LogP contribution >= 0.6 is 0 Å². The molecule has 0 saturated carbocycles. The van der Waals surface area contributed by atoms with Crippen molar-refractivity contribution in [2.45, 2.75) is 63.6 Å². The Morgan fingerprint density at radius 1 is 1.19 bits per heavy atom. The number of hydrogen-bond donors (Lipinski definition) is 5. The maximum absolute atomic E-state index is 12.7. The first-order chi connectivity index (χ1) is 12.8. The number of carbonyl (C=O) groups is 1. The van der Waals surface area contributed by atoms with Gasteiger partial charge in [-0.1, -0.05) is 13.8 Å². The van der Waals surface area contributed by atoms with Crippen LogP contribution in [0.4, 0.5) is 0 Å². The van der Waals surface area contributed by atoms with Gasteiger partial charge in [-0.25, -0.2) is 0 Å². The lowest BCUT2D eigenvalue weighted by atomic mass is 10.0. The van der Waals surface area contributed by atoms with Gasteiger partial charge in [-0.2, -0.15) is 0 Å². The molecule has 27 heavy (non-hydrogen) atoms. The summed E-state index contributed by atoms with van der Waals surface area (Å²) in [6, 6.07) is -0.718. The minimum atomic E-state index is -1.46. The van der Waals surface area contributed by atoms with Crippen LogP contribution in [0.1, 0.15) is 33.1 Å². The van der Waals surface area contributed by atoms with E-state index in [0.717, 1.165) is 6.42 Å². The molecule has 0 aromatic rings. The van der Waals surface area contributed by atoms with Gasteiger partial charge >= 0.3 is 0 Å². The van der Waals surface area contributed by atoms with E-state index in [1.807, 2.05) is 13.8 Å². The number of rotatable bonds is 4. The van der Waals surface area contributed by atoms with E-state index in [1.165, 1.54) is 4.90 Å². The Morgan fingerprint density at radius 3 is 2.44 bits per heavy atom. The Bertz CT molecular complexity index is 425. The van der Waals surface area contributed by atoms with Crippen LogP contribution in [0.3, 0.4) is 0 Å². The Balaban J connectivity index is 2.92. The fourth-order valence-electron chi connectivity index (χ4n) is 2.87. The van der Waals surface area contributed by atoms with Crippen LogP contribution in [0.25, 0.3) is 0 Å². The van der Waals surface area contributed by atoms with Crippen LogP contribution in [-0.4, -0.2) is 101 Å². The summed E-state index contributed by atoms with van der Waals surface area (Å²) in [5.41, 5.74) is 5.97. The van der Waals surface area contributed by atoms with Gasteiger partial charge < -0.3 is 40.5 Å². The summed E-state index contributed by atoms with van der Waals surface area (Å²) in [4.78, 5) is 14.1. The van der Waals surface area contributed by atoms with Gasteiger partial charge in [0.05, 0.1) is 12.6 Å². The van der Waals surface area contributed by atoms with E-state index in [9.17, 15) is 25.2 Å². The van der Waals surface area contributed by atoms with Crippen molar-refractivity contribution >= 4 is 5.91 Å². The zero-order chi connectivity index (χ0) is 20.4. The van der Waals surface area contributed by atoms with Crippen molar-refractivity contribution in [2.75, 3.05) is 39.5 Å². The maximum Gasteiger partial charge on any atom is 0.239 e. The molecule has 1 rings (SSSR count). The number of β-amino-alcohol motifs (C(OH)–C–C–N with tert-alkyl or cyclic N) is 1. The largest absolute Gasteiger partial charge is 0.394 e. The summed E-state index contributed by atoms with van der Waals surface area (Å²) in [5, 5.41) is 40.1. The predicted octanol–water partition coefficient (Wildman–Crippen LogP) is -1.54. The van der Waals surface area contributed by atoms with E-state index in [-0.39, 0.29) is 25.0 Å². The quantitative estimate of drug-likeness (QED) is 0.387. The molecule has 1 aliphatic heterocycles. The summed E-state index contributed by atoms with van der Waals surface area (Å²) in [5.74, 6) is -0.389. The van der Waals surface area contributed by atoms with Crippen molar-refractivity contribution in [2.24, 2.45) is 11.7 Å². The van der Waals surface area contributed by atoms with Gasteiger partial charge in [0.1, 0.15) is 24.4 Å². The van der Waals surface area contributed by atoms with Crippen LogP contribution in [0, 0.1) is 5.92 Å². The highest BCUT2D eigenvalue weighted by molar-refractivity contribution is 5.82. The molecule has 1 saturated heterocycles. The lowest BCUT2D eigenvalue weighted by Gasteiger charge is -2.34. The number of nitrogens with zero attached hydrogens (tertiary/aromatic N) is 1. The van der Waals surface area contributed by atoms with E-state index in [0.29, 0.717) is 32.6 Å². The summed E-state index contributed by atoms with van der Waals surface area (Å²) >= 11 is 0. The third-order valence-corrected chi connectivity index (χ3v) is 4.73. The van der Waals surface area contributed by atoms with E-state index in [1.54, 1.807) is 0 Å². The standard InChI is InChI=1S/C18H36N2O7/c1-12(2)15(19)18(25)20-6-5-8-26-7-3-4-9-27-17(14(23)11-21)16(24)13(22)10-20/h12-17,21-24H,3-11,19H2,1-2H3/t13-,14-,15-,16-,17-/m1/s1. The van der Waals surface area contributed by atoms with Crippen LogP contribution in [0.5, 0.6) is 0 Å². The number of hydrogen-bond acceptors (Lipinski definition) is 8. The van der Waals surface area contributed by atoms with Gasteiger partial charge in [0.2, 0.25) is 5.91 Å². The number of aliphatic hydroxyl groups excluding tert-OH is 4. The molecule has 1 aliphatic rings. The van der Waals surface area contributed by atoms with Crippen LogP contribution in [-0.2, 0) is 14.3 Å². The van der Waals surface area contributed by atoms with E-state index < -0.39 is 37.1 Å². The van der Waals surface area contributed by atoms with Gasteiger partial charge in [0, 0.05) is 32.9 Å². The highest BCUT2D eigenvalue weighted by Crippen LogP contribution is 2.14. The Hall–Kier alpha value is -0.810. The van der Waals surface area contributed by atoms with E-state index in [2.05, 4.69) is 0 Å². The molecule has 160 valence electrons. The minimum Gasteiger partial charge on any atom is -0.394 e. The lowest BCUT2D eigenvalue weighted by Crippen LogP contribution is -2.54. The predicted molar refractivity (Wildman–Crippen MR) is 98.9 cm³/mol. The van der Waals surface area contributed by atoms with Crippen molar-refractivity contribution < 1.29 is 34.7 Å². The lowest BCUT2D eigenvalue weighted by molar-refractivity contribution is -0.153. The monoisotopic (exact) mass is 392 g/mol. The molecule has 0 bridgehead atoms. The molecule has 9 nitrogen and oxygen atoms in total. The fourth-order valence-corrected chi connectivity index (χ4v) is 2.87. The zero-order valence-corrected chi connectivity index (χ0v) is 16.4. The van der Waals surface area contributed by atoms with Gasteiger partial charge in [-0.3, -0.25) is 4.79 Å². The molecule has 1 heterocycles. The first-order valence-corrected chi connectivity index (χ1v) is 9.68. The zero-order valence-electron chi connectivity index (χ0n) is 16.4. The molecule has 1 fully saturated rings. The van der Waals surface area contributed by atoms with Crippen molar-refractivity contribution in [3.8, 4) is 0 Å². The normalized spacial score (nSPS) is 29.2. The molecule has 6 N–H and O–H groups in total. The summed E-state index contributed by atoms with van der Waals surface area (Å²) in [6.45, 7) is 4.50. The molecule has 1 amide bonds. The van der Waals surface area contributed by atoms with Crippen LogP contribution in [0.15, 0.2) is 0 Å². The van der Waals surface area contributed by atoms with Gasteiger partial charge in [-0.05, 0) is 25.2 Å². The van der Waals surface area contributed by atoms with Crippen LogP contribution < -0.4 is 5.73 Å². The van der Waals surface area contributed by atoms with Gasteiger partial charge in [-0.15, -0.1) is 0 Å². The SMILES string of the molecule is CC(C)[C@@H](N)C(=O)N1CCCOCCCCO[C@H]([C@H](O)CO)[C@H](O)[C@H](O)C1. The number of ether oxygens (including phenoxy) is 2. The minimum absolute atomic E-state index is 0.0730. The third kappa shape index (κ3) is 7.98. The first kappa shape index (κ1) is 24.2. The van der Waals surface area contributed by atoms with Gasteiger partial charge in [0.25, 0.3) is 0 Å². The first-order valence-electron chi connectivity index (χ1n) is 9.68. The summed E-state index contributed by atoms with van der Waals surface area (Å²) in [6.07, 6.45) is -3.35. The average molecular weight is 392 g/mol. The smallest absolute Gasteiger partial charge is 0.239 e. The third-order valence-electron chi connectivity index (χ3n) is 4.73. The molecular weight excluding hydrogens is 356 g/mol. The van der Waals surface area contributed by atoms with Crippen molar-refractivity contribution in [1.29, 1.82) is 0 Å². The Kier molecular flexibility index (Phi) is 11.3. The van der Waals surface area contributed by atoms with E-state index in [4.69, 9.17) is 15.2 Å². The molecule has 9 heteroatoms. The van der Waals surface area contributed by atoms with E-state index >= 15 is 0 Å². The molecule has 0 aliphatic carbocycles. The average Bonchev–Trinajstić information content (AvgIpc) is 2.65. The second kappa shape index (κ2) is 12.6. The molecule has 0 unspecified atom stereocenters. The molecule has 5 atom stereocenters. The fraction of sp³-hybridized carbons (Fsp3) is 0.944. The second-order valence-electron chi connectivity index (χ2n) is 7.37. The molecule has 0 aromatic carbocycles. The highest BCUT2D eigenvalue weighted by Gasteiger charge is 2.35. The van der Waals surface area contributed by atoms with Crippen molar-refractivity contribution in [3.63, 3.8) is 0 Å². The summed E-state index contributed by atoms with van der Waals surface area (Å²) < 4.78 is 11.0. The molecule has 0 spiro atoms. The topological polar surface area (TPSA) is 146 Å². The molecule has 0 radical (unpaired) electrons. The van der Waals surface area contributed by atoms with Crippen LogP contribution in [0.2, 0.25) is 0 Å². The van der Waals surface area contributed by atoms with Gasteiger partial charge in [0.15, 0.2) is 0 Å². The molecule has 0 aromatic heterocycles. The maximum atomic E-state index is 12.7. The van der Waals surface area contributed by atoms with Crippen molar-refractivity contribution in [3.05, 3.63) is 0 Å². The van der Waals surface area contributed by atoms with Crippen molar-refractivity contribution in [1.82, 2.24) is 4.90 Å². The second-order valence-corrected chi connectivity index (χ2v) is 7.37. The number of amides is 1. The summed E-state index contributed by atoms with van der Waals surface area (Å²) in [7, 11) is 0. The Labute approximate surface area is 161 Å². The Morgan fingerprint density at radius 2 is 1.81 bits per heavy atom. The number of aliphatic hydroxyl groups is 4. The number of carbonyl (C=O) groups excluding carboxylic acids is 1.